The summed E-state index contributed by atoms with van der Waals surface area (Å²) in [5.74, 6) is 1.81. The van der Waals surface area contributed by atoms with E-state index in [1.54, 1.807) is 11.8 Å². The molecule has 1 aliphatic rings. The first-order valence-corrected chi connectivity index (χ1v) is 13.8. The van der Waals surface area contributed by atoms with Crippen LogP contribution in [0.15, 0.2) is 52.3 Å². The molecule has 0 radical (unpaired) electrons. The van der Waals surface area contributed by atoms with E-state index in [1.807, 2.05) is 11.8 Å². The van der Waals surface area contributed by atoms with Crippen molar-refractivity contribution >= 4 is 52.6 Å². The molecule has 0 fully saturated rings. The zero-order valence-corrected chi connectivity index (χ0v) is 20.8. The van der Waals surface area contributed by atoms with E-state index >= 15 is 0 Å². The third-order valence-corrected chi connectivity index (χ3v) is 7.88. The molecule has 1 atom stereocenters. The molecule has 2 aromatic carbocycles. The summed E-state index contributed by atoms with van der Waals surface area (Å²) in [6, 6.07) is 15.1. The molecule has 0 spiro atoms. The smallest absolute Gasteiger partial charge is 0.313 e. The second-order valence-electron chi connectivity index (χ2n) is 7.38. The average Bonchev–Trinajstić information content (AvgIpc) is 2.92. The van der Waals surface area contributed by atoms with Gasteiger partial charge in [-0.05, 0) is 42.0 Å². The van der Waals surface area contributed by atoms with Crippen molar-refractivity contribution in [3.05, 3.63) is 48.0 Å². The monoisotopic (exact) mass is 463 g/mol. The molecule has 0 aromatic heterocycles. The molecular weight excluding hydrogens is 430 g/mol. The Bertz CT molecular complexity index is 797. The van der Waals surface area contributed by atoms with E-state index in [-0.39, 0.29) is 5.75 Å². The number of fused-ring (bicyclic) bond motifs is 1. The normalized spacial score (nSPS) is 15.6. The van der Waals surface area contributed by atoms with Crippen molar-refractivity contribution in [3.8, 4) is 0 Å². The summed E-state index contributed by atoms with van der Waals surface area (Å²) in [5.41, 5.74) is 3.72. The van der Waals surface area contributed by atoms with Crippen molar-refractivity contribution in [2.24, 2.45) is 5.92 Å². The number of benzene rings is 2. The van der Waals surface area contributed by atoms with Gasteiger partial charge in [-0.15, -0.1) is 35.3 Å². The number of rotatable bonds is 7. The van der Waals surface area contributed by atoms with Crippen molar-refractivity contribution in [1.82, 2.24) is 0 Å². The number of hydrogen-bond acceptors (Lipinski definition) is 5. The number of carbonyl (C=O) groups is 1. The molecule has 0 amide bonds. The van der Waals surface area contributed by atoms with Crippen LogP contribution in [-0.4, -0.2) is 35.4 Å². The zero-order chi connectivity index (χ0) is 21.9. The van der Waals surface area contributed by atoms with Crippen LogP contribution in [0.25, 0.3) is 0 Å². The summed E-state index contributed by atoms with van der Waals surface area (Å²) in [6.45, 7) is 7.67. The number of nitrogens with zero attached hydrogens (tertiary/aromatic N) is 1. The SMILES string of the molecule is CCCC.CSc1cc2c(cc1CSCC(=O)O)SCC(C)CN2c1ccccc1. The second-order valence-corrected chi connectivity index (χ2v) is 10.3. The molecule has 164 valence electrons. The highest BCUT2D eigenvalue weighted by molar-refractivity contribution is 8.00. The van der Waals surface area contributed by atoms with Crippen molar-refractivity contribution in [1.29, 1.82) is 0 Å². The fourth-order valence-electron chi connectivity index (χ4n) is 3.02. The van der Waals surface area contributed by atoms with Crippen LogP contribution in [0.3, 0.4) is 0 Å². The first-order valence-electron chi connectivity index (χ1n) is 10.5. The Morgan fingerprint density at radius 1 is 1.20 bits per heavy atom. The minimum atomic E-state index is -0.756. The van der Waals surface area contributed by atoms with Gasteiger partial charge >= 0.3 is 5.97 Å². The van der Waals surface area contributed by atoms with Crippen LogP contribution in [0.4, 0.5) is 11.4 Å². The fraction of sp³-hybridized carbons (Fsp3) is 0.458. The van der Waals surface area contributed by atoms with Gasteiger partial charge in [-0.1, -0.05) is 51.8 Å². The van der Waals surface area contributed by atoms with Gasteiger partial charge in [0, 0.05) is 33.5 Å². The first kappa shape index (κ1) is 25.0. The largest absolute Gasteiger partial charge is 0.481 e. The third-order valence-electron chi connectivity index (χ3n) is 4.72. The summed E-state index contributed by atoms with van der Waals surface area (Å²) >= 11 is 5.11. The number of anilines is 2. The summed E-state index contributed by atoms with van der Waals surface area (Å²) in [5, 5.41) is 8.90. The average molecular weight is 464 g/mol. The number of unbranched alkanes of at least 4 members (excludes halogenated alkanes) is 1. The van der Waals surface area contributed by atoms with Gasteiger partial charge in [0.25, 0.3) is 0 Å². The first-order chi connectivity index (χ1) is 14.5. The maximum atomic E-state index is 10.8. The Hall–Kier alpha value is -1.24. The van der Waals surface area contributed by atoms with Gasteiger partial charge in [0.2, 0.25) is 0 Å². The van der Waals surface area contributed by atoms with Gasteiger partial charge in [-0.25, -0.2) is 0 Å². The maximum Gasteiger partial charge on any atom is 0.313 e. The molecule has 6 heteroatoms. The number of carboxylic acids is 1. The van der Waals surface area contributed by atoms with E-state index in [0.29, 0.717) is 5.92 Å². The molecule has 0 bridgehead atoms. The summed E-state index contributed by atoms with van der Waals surface area (Å²) in [7, 11) is 0. The quantitative estimate of drug-likeness (QED) is 0.431. The van der Waals surface area contributed by atoms with Crippen LogP contribution >= 0.6 is 35.3 Å². The van der Waals surface area contributed by atoms with Crippen LogP contribution < -0.4 is 4.90 Å². The van der Waals surface area contributed by atoms with Gasteiger partial charge < -0.3 is 10.0 Å². The molecule has 1 unspecified atom stereocenters. The Morgan fingerprint density at radius 3 is 2.50 bits per heavy atom. The Morgan fingerprint density at radius 2 is 1.90 bits per heavy atom. The maximum absolute atomic E-state index is 10.8. The molecule has 0 saturated carbocycles. The lowest BCUT2D eigenvalue weighted by molar-refractivity contribution is -0.133. The van der Waals surface area contributed by atoms with E-state index in [1.165, 1.54) is 51.3 Å². The van der Waals surface area contributed by atoms with Crippen LogP contribution in [0.2, 0.25) is 0 Å². The van der Waals surface area contributed by atoms with Crippen molar-refractivity contribution < 1.29 is 9.90 Å². The molecular formula is C24H33NO2S3. The Labute approximate surface area is 194 Å². The molecule has 1 aliphatic heterocycles. The van der Waals surface area contributed by atoms with Gasteiger partial charge in [0.15, 0.2) is 0 Å². The van der Waals surface area contributed by atoms with Gasteiger partial charge in [0.1, 0.15) is 0 Å². The van der Waals surface area contributed by atoms with Crippen LogP contribution in [0.1, 0.15) is 39.2 Å². The third kappa shape index (κ3) is 7.47. The Kier molecular flexibility index (Phi) is 11.0. The number of carboxylic acid groups (broad SMARTS) is 1. The van der Waals surface area contributed by atoms with Crippen molar-refractivity contribution in [2.45, 2.75) is 49.2 Å². The zero-order valence-electron chi connectivity index (χ0n) is 18.4. The predicted octanol–water partition coefficient (Wildman–Crippen LogP) is 7.41. The number of para-hydroxylation sites is 1. The minimum absolute atomic E-state index is 0.144. The molecule has 1 heterocycles. The number of aliphatic carboxylic acids is 1. The van der Waals surface area contributed by atoms with Crippen molar-refractivity contribution in [2.75, 3.05) is 29.2 Å². The molecule has 3 rings (SSSR count). The highest BCUT2D eigenvalue weighted by Gasteiger charge is 2.23. The number of thioether (sulfide) groups is 3. The highest BCUT2D eigenvalue weighted by Crippen LogP contribution is 2.43. The van der Waals surface area contributed by atoms with Crippen LogP contribution in [0, 0.1) is 5.92 Å². The van der Waals surface area contributed by atoms with E-state index in [2.05, 4.69) is 74.4 Å². The fourth-order valence-corrected chi connectivity index (χ4v) is 5.58. The molecule has 1 N–H and O–H groups in total. The molecule has 30 heavy (non-hydrogen) atoms. The minimum Gasteiger partial charge on any atom is -0.481 e. The van der Waals surface area contributed by atoms with E-state index in [0.717, 1.165) is 18.1 Å². The van der Waals surface area contributed by atoms with E-state index < -0.39 is 5.97 Å². The summed E-state index contributed by atoms with van der Waals surface area (Å²) < 4.78 is 0. The topological polar surface area (TPSA) is 40.5 Å². The van der Waals surface area contributed by atoms with Gasteiger partial charge in [-0.2, -0.15) is 0 Å². The highest BCUT2D eigenvalue weighted by atomic mass is 32.2. The molecule has 2 aromatic rings. The van der Waals surface area contributed by atoms with Crippen LogP contribution in [0.5, 0.6) is 0 Å². The summed E-state index contributed by atoms with van der Waals surface area (Å²) in [6.07, 6.45) is 4.73. The van der Waals surface area contributed by atoms with Crippen LogP contribution in [-0.2, 0) is 10.5 Å². The summed E-state index contributed by atoms with van der Waals surface area (Å²) in [4.78, 5) is 15.8. The lowest BCUT2D eigenvalue weighted by Crippen LogP contribution is -2.23. The van der Waals surface area contributed by atoms with E-state index in [9.17, 15) is 4.79 Å². The molecule has 0 saturated heterocycles. The lowest BCUT2D eigenvalue weighted by Gasteiger charge is -2.27. The standard InChI is InChI=1S/C20H23NO2S3.C4H10/c1-14-10-21(16-6-4-3-5-7-16)17-9-18(24-2)15(8-19(17)26-11-14)12-25-13-20(22)23;1-3-4-2/h3-9,14H,10-13H2,1-2H3,(H,22,23);3-4H2,1-2H3. The van der Waals surface area contributed by atoms with Crippen molar-refractivity contribution in [3.63, 3.8) is 0 Å². The predicted molar refractivity (Wildman–Crippen MR) is 136 cm³/mol. The Balaban J connectivity index is 0.000000735. The molecule has 0 aliphatic carbocycles. The lowest BCUT2D eigenvalue weighted by atomic mass is 10.1. The van der Waals surface area contributed by atoms with Gasteiger partial charge in [-0.3, -0.25) is 4.79 Å². The number of hydrogen-bond donors (Lipinski definition) is 1. The second kappa shape index (κ2) is 13.2. The van der Waals surface area contributed by atoms with E-state index in [4.69, 9.17) is 5.11 Å². The van der Waals surface area contributed by atoms with Gasteiger partial charge in [0.05, 0.1) is 11.4 Å². The molecule has 3 nitrogen and oxygen atoms in total.